The Morgan fingerprint density at radius 2 is 1.83 bits per heavy atom. The molecule has 0 atom stereocenters. The van der Waals surface area contributed by atoms with E-state index < -0.39 is 0 Å². The first-order chi connectivity index (χ1) is 14.1. The standard InChI is InChI=1S/C21H18IN5O2/c22-17-11-23-21(25-15-7-5-13(12-28)6-8-15)27-19(17)26-18-4-2-1-3-16(18)20(29)24-14-9-10-14/h1-8,11-12,14H,9-10H2,(H,24,29)(H2,23,25,26,27). The van der Waals surface area contributed by atoms with Crippen LogP contribution in [0.5, 0.6) is 0 Å². The van der Waals surface area contributed by atoms with Gasteiger partial charge in [0.05, 0.1) is 14.8 Å². The van der Waals surface area contributed by atoms with Gasteiger partial charge in [0.25, 0.3) is 5.91 Å². The molecule has 0 radical (unpaired) electrons. The molecule has 0 aliphatic heterocycles. The second-order valence-electron chi connectivity index (χ2n) is 6.67. The van der Waals surface area contributed by atoms with Gasteiger partial charge in [0.1, 0.15) is 12.1 Å². The van der Waals surface area contributed by atoms with E-state index >= 15 is 0 Å². The zero-order valence-electron chi connectivity index (χ0n) is 15.4. The lowest BCUT2D eigenvalue weighted by Gasteiger charge is -2.13. The van der Waals surface area contributed by atoms with Crippen molar-refractivity contribution in [3.63, 3.8) is 0 Å². The molecule has 146 valence electrons. The molecule has 3 aromatic rings. The van der Waals surface area contributed by atoms with Crippen LogP contribution in [0.3, 0.4) is 0 Å². The summed E-state index contributed by atoms with van der Waals surface area (Å²) >= 11 is 2.15. The Morgan fingerprint density at radius 1 is 1.07 bits per heavy atom. The van der Waals surface area contributed by atoms with Crippen LogP contribution >= 0.6 is 22.6 Å². The van der Waals surface area contributed by atoms with Crippen LogP contribution in [0.1, 0.15) is 33.6 Å². The summed E-state index contributed by atoms with van der Waals surface area (Å²) < 4.78 is 0.821. The van der Waals surface area contributed by atoms with Crippen molar-refractivity contribution in [3.05, 3.63) is 69.4 Å². The highest BCUT2D eigenvalue weighted by Crippen LogP contribution is 2.26. The Hall–Kier alpha value is -3.01. The molecule has 2 aromatic carbocycles. The molecule has 1 aromatic heterocycles. The molecule has 8 heteroatoms. The van der Waals surface area contributed by atoms with Gasteiger partial charge in [-0.3, -0.25) is 9.59 Å². The number of amides is 1. The van der Waals surface area contributed by atoms with Gasteiger partial charge in [-0.05, 0) is 71.8 Å². The Morgan fingerprint density at radius 3 is 2.55 bits per heavy atom. The molecule has 1 aliphatic carbocycles. The number of nitrogens with zero attached hydrogens (tertiary/aromatic N) is 2. The third-order valence-corrected chi connectivity index (χ3v) is 5.17. The highest BCUT2D eigenvalue weighted by molar-refractivity contribution is 14.1. The quantitative estimate of drug-likeness (QED) is 0.332. The summed E-state index contributed by atoms with van der Waals surface area (Å²) in [4.78, 5) is 32.2. The fourth-order valence-corrected chi connectivity index (χ4v) is 3.09. The summed E-state index contributed by atoms with van der Waals surface area (Å²) in [5, 5.41) is 9.39. The fraction of sp³-hybridized carbons (Fsp3) is 0.143. The number of aldehydes is 1. The van der Waals surface area contributed by atoms with Gasteiger partial charge in [-0.15, -0.1) is 0 Å². The minimum absolute atomic E-state index is 0.0896. The number of rotatable bonds is 7. The molecule has 3 N–H and O–H groups in total. The zero-order valence-corrected chi connectivity index (χ0v) is 17.5. The van der Waals surface area contributed by atoms with Crippen molar-refractivity contribution < 1.29 is 9.59 Å². The number of carbonyl (C=O) groups excluding carboxylic acids is 2. The lowest BCUT2D eigenvalue weighted by molar-refractivity contribution is 0.0951. The monoisotopic (exact) mass is 499 g/mol. The zero-order chi connectivity index (χ0) is 20.2. The minimum atomic E-state index is -0.0896. The van der Waals surface area contributed by atoms with Gasteiger partial charge in [0.2, 0.25) is 5.95 Å². The van der Waals surface area contributed by atoms with Crippen LogP contribution in [-0.4, -0.2) is 28.2 Å². The van der Waals surface area contributed by atoms with Crippen LogP contribution in [-0.2, 0) is 0 Å². The second-order valence-corrected chi connectivity index (χ2v) is 7.84. The molecule has 29 heavy (non-hydrogen) atoms. The molecule has 7 nitrogen and oxygen atoms in total. The van der Waals surface area contributed by atoms with E-state index in [0.717, 1.165) is 28.4 Å². The number of anilines is 4. The third-order valence-electron chi connectivity index (χ3n) is 4.38. The van der Waals surface area contributed by atoms with Crippen molar-refractivity contribution in [2.24, 2.45) is 0 Å². The molecule has 0 bridgehead atoms. The molecule has 0 spiro atoms. The van der Waals surface area contributed by atoms with Gasteiger partial charge in [0, 0.05) is 23.5 Å². The molecular weight excluding hydrogens is 481 g/mol. The van der Waals surface area contributed by atoms with Crippen LogP contribution in [0.2, 0.25) is 0 Å². The largest absolute Gasteiger partial charge is 0.349 e. The number of aromatic nitrogens is 2. The normalized spacial score (nSPS) is 12.9. The highest BCUT2D eigenvalue weighted by atomic mass is 127. The van der Waals surface area contributed by atoms with Crippen molar-refractivity contribution in [1.82, 2.24) is 15.3 Å². The molecule has 0 unspecified atom stereocenters. The predicted molar refractivity (Wildman–Crippen MR) is 120 cm³/mol. The van der Waals surface area contributed by atoms with Gasteiger partial charge in [-0.1, -0.05) is 12.1 Å². The number of halogens is 1. The number of carbonyl (C=O) groups is 2. The van der Waals surface area contributed by atoms with Crippen molar-refractivity contribution in [2.75, 3.05) is 10.6 Å². The summed E-state index contributed by atoms with van der Waals surface area (Å²) in [6.07, 6.45) is 4.57. The van der Waals surface area contributed by atoms with Gasteiger partial charge in [-0.2, -0.15) is 4.98 Å². The number of nitrogens with one attached hydrogen (secondary N) is 3. The van der Waals surface area contributed by atoms with E-state index in [0.29, 0.717) is 28.6 Å². The Bertz CT molecular complexity index is 1050. The van der Waals surface area contributed by atoms with E-state index in [1.54, 1.807) is 36.5 Å². The lowest BCUT2D eigenvalue weighted by atomic mass is 10.1. The Labute approximate surface area is 181 Å². The maximum atomic E-state index is 12.5. The molecule has 1 aliphatic rings. The maximum Gasteiger partial charge on any atom is 0.253 e. The lowest BCUT2D eigenvalue weighted by Crippen LogP contribution is -2.26. The summed E-state index contributed by atoms with van der Waals surface area (Å²) in [7, 11) is 0. The average molecular weight is 499 g/mol. The van der Waals surface area contributed by atoms with Gasteiger partial charge < -0.3 is 16.0 Å². The third kappa shape index (κ3) is 4.89. The first kappa shape index (κ1) is 19.3. The van der Waals surface area contributed by atoms with Crippen molar-refractivity contribution in [2.45, 2.75) is 18.9 Å². The Balaban J connectivity index is 1.55. The van der Waals surface area contributed by atoms with Crippen molar-refractivity contribution in [1.29, 1.82) is 0 Å². The summed E-state index contributed by atoms with van der Waals surface area (Å²) in [5.41, 5.74) is 2.63. The molecule has 1 heterocycles. The molecule has 4 rings (SSSR count). The summed E-state index contributed by atoms with van der Waals surface area (Å²) in [6.45, 7) is 0. The van der Waals surface area contributed by atoms with E-state index in [4.69, 9.17) is 0 Å². The second kappa shape index (κ2) is 8.56. The molecule has 0 saturated heterocycles. The molecule has 1 saturated carbocycles. The van der Waals surface area contributed by atoms with Crippen LogP contribution < -0.4 is 16.0 Å². The van der Waals surface area contributed by atoms with Crippen LogP contribution in [0, 0.1) is 3.57 Å². The topological polar surface area (TPSA) is 96.0 Å². The summed E-state index contributed by atoms with van der Waals surface area (Å²) in [5.74, 6) is 0.916. The SMILES string of the molecule is O=Cc1ccc(Nc2ncc(I)c(Nc3ccccc3C(=O)NC3CC3)n2)cc1. The number of hydrogen-bond donors (Lipinski definition) is 3. The molecular formula is C21H18IN5O2. The van der Waals surface area contributed by atoms with Crippen molar-refractivity contribution >= 4 is 57.9 Å². The first-order valence-corrected chi connectivity index (χ1v) is 10.2. The van der Waals surface area contributed by atoms with Gasteiger partial charge >= 0.3 is 0 Å². The molecule has 1 amide bonds. The molecule has 1 fully saturated rings. The Kier molecular flexibility index (Phi) is 5.70. The smallest absolute Gasteiger partial charge is 0.253 e. The minimum Gasteiger partial charge on any atom is -0.349 e. The van der Waals surface area contributed by atoms with Crippen LogP contribution in [0.25, 0.3) is 0 Å². The summed E-state index contributed by atoms with van der Waals surface area (Å²) in [6, 6.07) is 14.7. The highest BCUT2D eigenvalue weighted by Gasteiger charge is 2.25. The van der Waals surface area contributed by atoms with Crippen molar-refractivity contribution in [3.8, 4) is 0 Å². The van der Waals surface area contributed by atoms with Gasteiger partial charge in [0.15, 0.2) is 0 Å². The first-order valence-electron chi connectivity index (χ1n) is 9.14. The number of hydrogen-bond acceptors (Lipinski definition) is 6. The van der Waals surface area contributed by atoms with Crippen LogP contribution in [0.15, 0.2) is 54.7 Å². The average Bonchev–Trinajstić information content (AvgIpc) is 3.55. The maximum absolute atomic E-state index is 12.5. The van der Waals surface area contributed by atoms with Crippen LogP contribution in [0.4, 0.5) is 23.1 Å². The van der Waals surface area contributed by atoms with Gasteiger partial charge in [-0.25, -0.2) is 4.98 Å². The van der Waals surface area contributed by atoms with E-state index in [2.05, 4.69) is 48.5 Å². The number of para-hydroxylation sites is 1. The van der Waals surface area contributed by atoms with E-state index in [1.165, 1.54) is 0 Å². The van der Waals surface area contributed by atoms with E-state index in [-0.39, 0.29) is 11.9 Å². The fourth-order valence-electron chi connectivity index (χ4n) is 2.70. The number of benzene rings is 2. The van der Waals surface area contributed by atoms with E-state index in [1.807, 2.05) is 18.2 Å². The van der Waals surface area contributed by atoms with E-state index in [9.17, 15) is 9.59 Å². The predicted octanol–water partition coefficient (Wildman–Crippen LogP) is 4.27.